The highest BCUT2D eigenvalue weighted by molar-refractivity contribution is 7.90. The number of hydrogen-bond acceptors (Lipinski definition) is 6. The zero-order valence-corrected chi connectivity index (χ0v) is 19.8. The molecule has 34 heavy (non-hydrogen) atoms. The van der Waals surface area contributed by atoms with E-state index in [0.29, 0.717) is 36.7 Å². The molecule has 0 spiro atoms. The molecule has 2 aromatic heterocycles. The van der Waals surface area contributed by atoms with E-state index in [1.807, 2.05) is 24.3 Å². The third-order valence-corrected chi connectivity index (χ3v) is 7.90. The Bertz CT molecular complexity index is 1210. The molecule has 0 radical (unpaired) electrons. The molecule has 8 nitrogen and oxygen atoms in total. The maximum atomic E-state index is 13.4. The van der Waals surface area contributed by atoms with Crippen LogP contribution in [0.3, 0.4) is 0 Å². The predicted molar refractivity (Wildman–Crippen MR) is 124 cm³/mol. The zero-order valence-electron chi connectivity index (χ0n) is 19.0. The van der Waals surface area contributed by atoms with Crippen LogP contribution in [-0.4, -0.2) is 41.5 Å². The second-order valence-corrected chi connectivity index (χ2v) is 11.0. The second-order valence-electron chi connectivity index (χ2n) is 9.07. The number of rotatable bonds is 10. The van der Waals surface area contributed by atoms with Crippen LogP contribution in [0.1, 0.15) is 42.7 Å². The van der Waals surface area contributed by atoms with Gasteiger partial charge in [0.2, 0.25) is 20.9 Å². The largest absolute Gasteiger partial charge is 0.467 e. The van der Waals surface area contributed by atoms with Crippen molar-refractivity contribution in [3.63, 3.8) is 0 Å². The summed E-state index contributed by atoms with van der Waals surface area (Å²) in [5.74, 6) is 0.657. The Kier molecular flexibility index (Phi) is 6.56. The number of aromatic nitrogens is 2. The summed E-state index contributed by atoms with van der Waals surface area (Å²) < 4.78 is 39.8. The van der Waals surface area contributed by atoms with E-state index in [-0.39, 0.29) is 35.4 Å². The van der Waals surface area contributed by atoms with Gasteiger partial charge in [0.05, 0.1) is 49.6 Å². The molecule has 1 aromatic carbocycles. The lowest BCUT2D eigenvalue weighted by atomic mass is 10.2. The normalized spacial score (nSPS) is 18.3. The number of ether oxygens (including phenoxy) is 1. The van der Waals surface area contributed by atoms with Crippen LogP contribution < -0.4 is 0 Å². The number of benzene rings is 1. The van der Waals surface area contributed by atoms with Crippen molar-refractivity contribution in [1.29, 1.82) is 0 Å². The minimum Gasteiger partial charge on any atom is -0.467 e. The zero-order chi connectivity index (χ0) is 23.5. The third kappa shape index (κ3) is 5.26. The molecule has 1 aliphatic heterocycles. The molecule has 1 atom stereocenters. The summed E-state index contributed by atoms with van der Waals surface area (Å²) >= 11 is 0. The molecule has 1 saturated carbocycles. The minimum absolute atomic E-state index is 0.0265. The molecule has 0 bridgehead atoms. The quantitative estimate of drug-likeness (QED) is 0.438. The van der Waals surface area contributed by atoms with Gasteiger partial charge in [-0.15, -0.1) is 0 Å². The molecule has 3 aromatic rings. The average molecular weight is 484 g/mol. The highest BCUT2D eigenvalue weighted by Crippen LogP contribution is 2.32. The number of furan rings is 1. The molecule has 1 amide bonds. The third-order valence-electron chi connectivity index (χ3n) is 6.31. The van der Waals surface area contributed by atoms with E-state index in [1.165, 1.54) is 0 Å². The van der Waals surface area contributed by atoms with Crippen molar-refractivity contribution in [2.75, 3.05) is 6.61 Å². The fourth-order valence-corrected chi connectivity index (χ4v) is 5.90. The van der Waals surface area contributed by atoms with E-state index >= 15 is 0 Å². The van der Waals surface area contributed by atoms with Gasteiger partial charge in [0, 0.05) is 12.5 Å². The van der Waals surface area contributed by atoms with Crippen LogP contribution in [-0.2, 0) is 44.8 Å². The topological polar surface area (TPSA) is 94.6 Å². The van der Waals surface area contributed by atoms with Crippen molar-refractivity contribution in [2.24, 2.45) is 5.92 Å². The highest BCUT2D eigenvalue weighted by atomic mass is 32.2. The van der Waals surface area contributed by atoms with E-state index in [2.05, 4.69) is 4.98 Å². The molecule has 2 aliphatic rings. The van der Waals surface area contributed by atoms with Crippen LogP contribution in [0.15, 0.2) is 64.5 Å². The van der Waals surface area contributed by atoms with Crippen molar-refractivity contribution < 1.29 is 22.4 Å². The summed E-state index contributed by atoms with van der Waals surface area (Å²) in [7, 11) is -3.70. The van der Waals surface area contributed by atoms with Gasteiger partial charge in [-0.3, -0.25) is 4.79 Å². The maximum Gasteiger partial charge on any atom is 0.228 e. The monoisotopic (exact) mass is 483 g/mol. The highest BCUT2D eigenvalue weighted by Gasteiger charge is 2.35. The Labute approximate surface area is 199 Å². The van der Waals surface area contributed by atoms with E-state index < -0.39 is 9.84 Å². The minimum atomic E-state index is -3.70. The number of carbonyl (C=O) groups is 1. The van der Waals surface area contributed by atoms with Gasteiger partial charge in [-0.25, -0.2) is 13.4 Å². The van der Waals surface area contributed by atoms with Gasteiger partial charge in [-0.1, -0.05) is 30.3 Å². The molecule has 0 N–H and O–H groups in total. The van der Waals surface area contributed by atoms with Gasteiger partial charge >= 0.3 is 0 Å². The Balaban J connectivity index is 1.45. The molecule has 0 unspecified atom stereocenters. The van der Waals surface area contributed by atoms with Gasteiger partial charge in [-0.05, 0) is 43.4 Å². The number of sulfone groups is 1. The van der Waals surface area contributed by atoms with Crippen molar-refractivity contribution >= 4 is 15.7 Å². The van der Waals surface area contributed by atoms with Gasteiger partial charge in [-0.2, -0.15) is 0 Å². The van der Waals surface area contributed by atoms with Crippen LogP contribution in [0.4, 0.5) is 0 Å². The van der Waals surface area contributed by atoms with E-state index in [0.717, 1.165) is 25.7 Å². The fraction of sp³-hybridized carbons (Fsp3) is 0.440. The van der Waals surface area contributed by atoms with Crippen LogP contribution in [0.25, 0.3) is 0 Å². The standard InChI is InChI=1S/C25H29N3O5S/c29-24(20-10-11-20)27(16-22-8-4-12-32-22)15-21-14-26-25(28(21)17-23-9-5-13-33-23)34(30,31)18-19-6-2-1-3-7-19/h1-4,6-8,12,14,20,23H,5,9-11,13,15-18H2/t23-/m1/s1. The second kappa shape index (κ2) is 9.76. The first kappa shape index (κ1) is 22.9. The van der Waals surface area contributed by atoms with E-state index in [9.17, 15) is 13.2 Å². The van der Waals surface area contributed by atoms with Gasteiger partial charge in [0.25, 0.3) is 0 Å². The Morgan fingerprint density at radius 2 is 1.91 bits per heavy atom. The number of imidazole rings is 1. The van der Waals surface area contributed by atoms with Crippen molar-refractivity contribution in [3.05, 3.63) is 71.9 Å². The van der Waals surface area contributed by atoms with Gasteiger partial charge in [0.1, 0.15) is 5.76 Å². The van der Waals surface area contributed by atoms with Crippen LogP contribution >= 0.6 is 0 Å². The Hall–Kier alpha value is -2.91. The van der Waals surface area contributed by atoms with Crippen LogP contribution in [0, 0.1) is 5.92 Å². The summed E-state index contributed by atoms with van der Waals surface area (Å²) in [5, 5.41) is 0.0265. The molecule has 2 fully saturated rings. The van der Waals surface area contributed by atoms with Crippen LogP contribution in [0.5, 0.6) is 0 Å². The first-order valence-corrected chi connectivity index (χ1v) is 13.4. The fourth-order valence-electron chi connectivity index (χ4n) is 4.40. The molecule has 1 aliphatic carbocycles. The van der Waals surface area contributed by atoms with Gasteiger partial charge < -0.3 is 18.6 Å². The molecule has 180 valence electrons. The maximum absolute atomic E-state index is 13.4. The molecule has 5 rings (SSSR count). The molecule has 1 saturated heterocycles. The lowest BCUT2D eigenvalue weighted by Crippen LogP contribution is -2.33. The van der Waals surface area contributed by atoms with Crippen molar-refractivity contribution in [2.45, 2.75) is 62.3 Å². The molecular formula is C25H29N3O5S. The SMILES string of the molecule is O=C(C1CC1)N(Cc1ccco1)Cc1cnc(S(=O)(=O)Cc2ccccc2)n1C[C@H]1CCCO1. The number of hydrogen-bond donors (Lipinski definition) is 0. The lowest BCUT2D eigenvalue weighted by molar-refractivity contribution is -0.134. The first-order chi connectivity index (χ1) is 16.5. The number of nitrogens with zero attached hydrogens (tertiary/aromatic N) is 3. The summed E-state index contributed by atoms with van der Waals surface area (Å²) in [4.78, 5) is 19.1. The molecule has 9 heteroatoms. The Morgan fingerprint density at radius 1 is 1.09 bits per heavy atom. The van der Waals surface area contributed by atoms with Crippen molar-refractivity contribution in [3.8, 4) is 0 Å². The number of carbonyl (C=O) groups excluding carboxylic acids is 1. The van der Waals surface area contributed by atoms with Crippen molar-refractivity contribution in [1.82, 2.24) is 14.5 Å². The average Bonchev–Trinajstić information content (AvgIpc) is 3.16. The van der Waals surface area contributed by atoms with E-state index in [1.54, 1.807) is 40.1 Å². The van der Waals surface area contributed by atoms with E-state index in [4.69, 9.17) is 9.15 Å². The lowest BCUT2D eigenvalue weighted by Gasteiger charge is -2.23. The van der Waals surface area contributed by atoms with Gasteiger partial charge in [0.15, 0.2) is 0 Å². The predicted octanol–water partition coefficient (Wildman–Crippen LogP) is 3.57. The summed E-state index contributed by atoms with van der Waals surface area (Å²) in [6.07, 6.45) is 6.70. The number of amides is 1. The first-order valence-electron chi connectivity index (χ1n) is 11.7. The Morgan fingerprint density at radius 3 is 2.59 bits per heavy atom. The van der Waals surface area contributed by atoms with Crippen LogP contribution in [0.2, 0.25) is 0 Å². The summed E-state index contributed by atoms with van der Waals surface area (Å²) in [5.41, 5.74) is 1.39. The smallest absolute Gasteiger partial charge is 0.228 e. The molecular weight excluding hydrogens is 454 g/mol. The molecule has 3 heterocycles. The summed E-state index contributed by atoms with van der Waals surface area (Å²) in [6, 6.07) is 12.7. The summed E-state index contributed by atoms with van der Waals surface area (Å²) in [6.45, 7) is 1.66.